The van der Waals surface area contributed by atoms with E-state index in [4.69, 9.17) is 0 Å². The normalized spacial score (nSPS) is 11.7. The molecule has 0 fully saturated rings. The number of aryl methyl sites for hydroxylation is 2. The minimum Gasteiger partial charge on any atom is -0.297 e. The highest BCUT2D eigenvalue weighted by Crippen LogP contribution is 2.19. The Bertz CT molecular complexity index is 1030. The summed E-state index contributed by atoms with van der Waals surface area (Å²) in [5.74, 6) is 0.580. The molecule has 0 aliphatic carbocycles. The van der Waals surface area contributed by atoms with Crippen LogP contribution >= 0.6 is 0 Å². The molecule has 3 rings (SSSR count). The van der Waals surface area contributed by atoms with E-state index < -0.39 is 15.6 Å². The van der Waals surface area contributed by atoms with Gasteiger partial charge in [0.05, 0.1) is 0 Å². The van der Waals surface area contributed by atoms with Gasteiger partial charge < -0.3 is 0 Å². The fraction of sp³-hybridized carbons (Fsp3) is 0.200. The van der Waals surface area contributed by atoms with E-state index in [-0.39, 0.29) is 10.4 Å². The van der Waals surface area contributed by atoms with E-state index in [1.807, 2.05) is 19.9 Å². The van der Waals surface area contributed by atoms with Crippen molar-refractivity contribution in [1.82, 2.24) is 14.6 Å². The van der Waals surface area contributed by atoms with E-state index in [9.17, 15) is 13.2 Å². The molecule has 0 aliphatic heterocycles. The number of sulfonamides is 1. The third-order valence-corrected chi connectivity index (χ3v) is 4.84. The molecule has 0 spiro atoms. The van der Waals surface area contributed by atoms with Crippen LogP contribution in [0.3, 0.4) is 0 Å². The Balaban J connectivity index is 2.08. The number of aromatic amines is 1. The Labute approximate surface area is 133 Å². The number of nitrogens with zero attached hydrogens (tertiary/aromatic N) is 2. The number of nitrogens with one attached hydrogen (secondary N) is 2. The lowest BCUT2D eigenvalue weighted by atomic mass is 10.2. The average Bonchev–Trinajstić information content (AvgIpc) is 2.94. The molecule has 0 unspecified atom stereocenters. The first-order valence-corrected chi connectivity index (χ1v) is 8.58. The van der Waals surface area contributed by atoms with Crippen LogP contribution in [0.25, 0.3) is 5.52 Å². The third kappa shape index (κ3) is 2.85. The van der Waals surface area contributed by atoms with Crippen molar-refractivity contribution in [3.8, 4) is 0 Å². The molecule has 23 heavy (non-hydrogen) atoms. The number of anilines is 1. The van der Waals surface area contributed by atoms with Crippen LogP contribution in [0.5, 0.6) is 0 Å². The molecule has 0 amide bonds. The van der Waals surface area contributed by atoms with Crippen molar-refractivity contribution in [3.63, 3.8) is 0 Å². The van der Waals surface area contributed by atoms with Crippen molar-refractivity contribution in [2.45, 2.75) is 25.2 Å². The summed E-state index contributed by atoms with van der Waals surface area (Å²) in [7, 11) is -3.79. The second kappa shape index (κ2) is 5.54. The fourth-order valence-electron chi connectivity index (χ4n) is 2.37. The molecule has 0 saturated heterocycles. The standard InChI is InChI=1S/C15H16N4O3S/c1-3-14-16-17-15(20)13-8-12(9-19(13)14)23(21,22)18-11-6-4-5-10(2)7-11/h4-9,18H,3H2,1-2H3,(H,17,20). The molecule has 0 bridgehead atoms. The second-order valence-corrected chi connectivity index (χ2v) is 6.91. The summed E-state index contributed by atoms with van der Waals surface area (Å²) >= 11 is 0. The van der Waals surface area contributed by atoms with Crippen LogP contribution in [0.15, 0.2) is 46.2 Å². The first kappa shape index (κ1) is 15.3. The molecule has 1 aromatic carbocycles. The zero-order chi connectivity index (χ0) is 16.6. The minimum atomic E-state index is -3.79. The quantitative estimate of drug-likeness (QED) is 0.760. The van der Waals surface area contributed by atoms with Gasteiger partial charge in [0, 0.05) is 18.3 Å². The van der Waals surface area contributed by atoms with Gasteiger partial charge in [-0.3, -0.25) is 13.9 Å². The van der Waals surface area contributed by atoms with Gasteiger partial charge in [0.2, 0.25) is 0 Å². The molecule has 2 N–H and O–H groups in total. The van der Waals surface area contributed by atoms with Crippen LogP contribution in [0.1, 0.15) is 18.3 Å². The zero-order valence-electron chi connectivity index (χ0n) is 12.7. The van der Waals surface area contributed by atoms with Crippen molar-refractivity contribution in [2.24, 2.45) is 0 Å². The van der Waals surface area contributed by atoms with Gasteiger partial charge >= 0.3 is 0 Å². The Morgan fingerprint density at radius 3 is 2.78 bits per heavy atom. The maximum atomic E-state index is 12.5. The van der Waals surface area contributed by atoms with Crippen molar-refractivity contribution in [3.05, 3.63) is 58.3 Å². The van der Waals surface area contributed by atoms with E-state index >= 15 is 0 Å². The molecular formula is C15H16N4O3S. The van der Waals surface area contributed by atoms with Crippen LogP contribution in [0.4, 0.5) is 5.69 Å². The summed E-state index contributed by atoms with van der Waals surface area (Å²) in [5, 5.41) is 6.30. The highest BCUT2D eigenvalue weighted by molar-refractivity contribution is 7.92. The number of rotatable bonds is 4. The lowest BCUT2D eigenvalue weighted by Gasteiger charge is -2.06. The average molecular weight is 332 g/mol. The van der Waals surface area contributed by atoms with Gasteiger partial charge in [0.25, 0.3) is 15.6 Å². The van der Waals surface area contributed by atoms with Gasteiger partial charge in [-0.15, -0.1) is 0 Å². The lowest BCUT2D eigenvalue weighted by Crippen LogP contribution is -2.14. The summed E-state index contributed by atoms with van der Waals surface area (Å²) in [6, 6.07) is 8.40. The third-order valence-electron chi connectivity index (χ3n) is 3.49. The Hall–Kier alpha value is -2.61. The lowest BCUT2D eigenvalue weighted by molar-refractivity contribution is 0.601. The fourth-order valence-corrected chi connectivity index (χ4v) is 3.44. The largest absolute Gasteiger partial charge is 0.297 e. The molecule has 7 nitrogen and oxygen atoms in total. The van der Waals surface area contributed by atoms with Crippen molar-refractivity contribution in [1.29, 1.82) is 0 Å². The Morgan fingerprint density at radius 1 is 1.30 bits per heavy atom. The second-order valence-electron chi connectivity index (χ2n) is 5.23. The number of hydrogen-bond donors (Lipinski definition) is 2. The van der Waals surface area contributed by atoms with Crippen LogP contribution in [-0.2, 0) is 16.4 Å². The van der Waals surface area contributed by atoms with E-state index in [1.165, 1.54) is 16.7 Å². The van der Waals surface area contributed by atoms with Crippen molar-refractivity contribution in [2.75, 3.05) is 4.72 Å². The monoisotopic (exact) mass is 332 g/mol. The van der Waals surface area contributed by atoms with Gasteiger partial charge in [-0.1, -0.05) is 19.1 Å². The topological polar surface area (TPSA) is 96.3 Å². The molecule has 2 aromatic heterocycles. The Morgan fingerprint density at radius 2 is 2.09 bits per heavy atom. The van der Waals surface area contributed by atoms with Gasteiger partial charge in [-0.2, -0.15) is 5.10 Å². The highest BCUT2D eigenvalue weighted by atomic mass is 32.2. The first-order valence-electron chi connectivity index (χ1n) is 7.10. The summed E-state index contributed by atoms with van der Waals surface area (Å²) in [6.07, 6.45) is 1.97. The van der Waals surface area contributed by atoms with Gasteiger partial charge in [0.15, 0.2) is 0 Å². The van der Waals surface area contributed by atoms with E-state index in [2.05, 4.69) is 14.9 Å². The summed E-state index contributed by atoms with van der Waals surface area (Å²) in [6.45, 7) is 3.75. The van der Waals surface area contributed by atoms with E-state index in [1.54, 1.807) is 18.2 Å². The van der Waals surface area contributed by atoms with Crippen LogP contribution in [0, 0.1) is 6.92 Å². The predicted molar refractivity (Wildman–Crippen MR) is 87.2 cm³/mol. The predicted octanol–water partition coefficient (Wildman–Crippen LogP) is 1.69. The number of aromatic nitrogens is 3. The maximum Gasteiger partial charge on any atom is 0.288 e. The van der Waals surface area contributed by atoms with E-state index in [0.29, 0.717) is 17.9 Å². The molecule has 0 aliphatic rings. The molecular weight excluding hydrogens is 316 g/mol. The molecule has 3 aromatic rings. The number of fused-ring (bicyclic) bond motifs is 1. The molecule has 0 saturated carbocycles. The summed E-state index contributed by atoms with van der Waals surface area (Å²) < 4.78 is 29.1. The van der Waals surface area contributed by atoms with Crippen molar-refractivity contribution < 1.29 is 8.42 Å². The molecule has 120 valence electrons. The van der Waals surface area contributed by atoms with Crippen molar-refractivity contribution >= 4 is 21.2 Å². The van der Waals surface area contributed by atoms with Gasteiger partial charge in [-0.05, 0) is 30.7 Å². The summed E-state index contributed by atoms with van der Waals surface area (Å²) in [5.41, 5.74) is 1.24. The number of benzene rings is 1. The molecule has 2 heterocycles. The SMILES string of the molecule is CCc1n[nH]c(=O)c2cc(S(=O)(=O)Nc3cccc(C)c3)cn12. The summed E-state index contributed by atoms with van der Waals surface area (Å²) in [4.78, 5) is 11.9. The van der Waals surface area contributed by atoms with E-state index in [0.717, 1.165) is 5.56 Å². The number of hydrogen-bond acceptors (Lipinski definition) is 4. The number of H-pyrrole nitrogens is 1. The zero-order valence-corrected chi connectivity index (χ0v) is 13.5. The highest BCUT2D eigenvalue weighted by Gasteiger charge is 2.19. The maximum absolute atomic E-state index is 12.5. The minimum absolute atomic E-state index is 0.0206. The molecule has 0 radical (unpaired) electrons. The first-order chi connectivity index (χ1) is 10.9. The molecule has 0 atom stereocenters. The Kier molecular flexibility index (Phi) is 3.69. The van der Waals surface area contributed by atoms with Gasteiger partial charge in [0.1, 0.15) is 16.2 Å². The van der Waals surface area contributed by atoms with Crippen LogP contribution in [-0.4, -0.2) is 23.0 Å². The molecule has 8 heteroatoms. The van der Waals surface area contributed by atoms with Gasteiger partial charge in [-0.25, -0.2) is 13.5 Å². The van der Waals surface area contributed by atoms with Crippen LogP contribution < -0.4 is 10.3 Å². The smallest absolute Gasteiger partial charge is 0.288 e. The van der Waals surface area contributed by atoms with Crippen LogP contribution in [0.2, 0.25) is 0 Å².